The number of halogens is 1. The van der Waals surface area contributed by atoms with Crippen molar-refractivity contribution in [1.29, 1.82) is 0 Å². The van der Waals surface area contributed by atoms with E-state index in [0.29, 0.717) is 0 Å². The number of benzene rings is 1. The smallest absolute Gasteiger partial charge is 0.222 e. The molecular formula is C13H9ClN4. The standard InChI is InChI=1S/C13H9ClN4/c14-13-16-7-10(8-17-13)18-12-11-4-2-1-3-9(11)5-6-15-12/h1-8H,(H,15,18). The van der Waals surface area contributed by atoms with Crippen LogP contribution in [0.3, 0.4) is 0 Å². The fourth-order valence-corrected chi connectivity index (χ4v) is 1.83. The number of hydrogen-bond acceptors (Lipinski definition) is 4. The Labute approximate surface area is 109 Å². The summed E-state index contributed by atoms with van der Waals surface area (Å²) in [6.07, 6.45) is 5.01. The maximum absolute atomic E-state index is 5.64. The van der Waals surface area contributed by atoms with E-state index in [1.165, 1.54) is 0 Å². The predicted octanol–water partition coefficient (Wildman–Crippen LogP) is 3.42. The second-order valence-electron chi connectivity index (χ2n) is 3.75. The van der Waals surface area contributed by atoms with Crippen molar-refractivity contribution in [3.05, 3.63) is 54.2 Å². The van der Waals surface area contributed by atoms with E-state index in [-0.39, 0.29) is 5.28 Å². The number of fused-ring (bicyclic) bond motifs is 1. The topological polar surface area (TPSA) is 50.7 Å². The van der Waals surface area contributed by atoms with Crippen molar-refractivity contribution in [1.82, 2.24) is 15.0 Å². The van der Waals surface area contributed by atoms with Crippen LogP contribution in [0.25, 0.3) is 10.8 Å². The van der Waals surface area contributed by atoms with E-state index in [4.69, 9.17) is 11.6 Å². The molecule has 4 nitrogen and oxygen atoms in total. The van der Waals surface area contributed by atoms with Gasteiger partial charge in [0.2, 0.25) is 5.28 Å². The minimum absolute atomic E-state index is 0.228. The molecule has 0 bridgehead atoms. The van der Waals surface area contributed by atoms with Gasteiger partial charge >= 0.3 is 0 Å². The minimum Gasteiger partial charge on any atom is -0.337 e. The Bertz CT molecular complexity index is 677. The number of nitrogens with zero attached hydrogens (tertiary/aromatic N) is 3. The van der Waals surface area contributed by atoms with Gasteiger partial charge in [-0.3, -0.25) is 0 Å². The van der Waals surface area contributed by atoms with Crippen LogP contribution in [0.2, 0.25) is 5.28 Å². The number of hydrogen-bond donors (Lipinski definition) is 1. The fraction of sp³-hybridized carbons (Fsp3) is 0. The van der Waals surface area contributed by atoms with Gasteiger partial charge in [-0.15, -0.1) is 0 Å². The lowest BCUT2D eigenvalue weighted by Crippen LogP contribution is -1.96. The molecule has 0 saturated carbocycles. The molecule has 0 unspecified atom stereocenters. The van der Waals surface area contributed by atoms with Gasteiger partial charge < -0.3 is 5.32 Å². The highest BCUT2D eigenvalue weighted by Gasteiger charge is 2.02. The fourth-order valence-electron chi connectivity index (χ4n) is 1.73. The average molecular weight is 257 g/mol. The SMILES string of the molecule is Clc1ncc(Nc2nccc3ccccc23)cn1. The lowest BCUT2D eigenvalue weighted by molar-refractivity contribution is 1.16. The van der Waals surface area contributed by atoms with Gasteiger partial charge in [-0.25, -0.2) is 15.0 Å². The van der Waals surface area contributed by atoms with E-state index in [2.05, 4.69) is 20.3 Å². The van der Waals surface area contributed by atoms with Crippen LogP contribution in [-0.4, -0.2) is 15.0 Å². The Morgan fingerprint density at radius 2 is 1.72 bits per heavy atom. The Balaban J connectivity index is 2.02. The van der Waals surface area contributed by atoms with Gasteiger partial charge in [0.15, 0.2) is 0 Å². The molecule has 0 aliphatic carbocycles. The molecule has 0 spiro atoms. The van der Waals surface area contributed by atoms with Crippen LogP contribution < -0.4 is 5.32 Å². The van der Waals surface area contributed by atoms with Crippen molar-refractivity contribution >= 4 is 33.9 Å². The maximum atomic E-state index is 5.64. The zero-order chi connectivity index (χ0) is 12.4. The molecule has 3 aromatic rings. The quantitative estimate of drug-likeness (QED) is 0.714. The first kappa shape index (κ1) is 10.9. The van der Waals surface area contributed by atoms with Crippen LogP contribution in [0.5, 0.6) is 0 Å². The number of aromatic nitrogens is 3. The minimum atomic E-state index is 0.228. The molecule has 2 heterocycles. The molecule has 0 saturated heterocycles. The van der Waals surface area contributed by atoms with Crippen LogP contribution in [0.15, 0.2) is 48.9 Å². The second-order valence-corrected chi connectivity index (χ2v) is 4.08. The first-order chi connectivity index (χ1) is 8.83. The molecule has 0 fully saturated rings. The van der Waals surface area contributed by atoms with Crippen molar-refractivity contribution < 1.29 is 0 Å². The molecule has 88 valence electrons. The molecular weight excluding hydrogens is 248 g/mol. The number of rotatable bonds is 2. The number of pyridine rings is 1. The van der Waals surface area contributed by atoms with Crippen molar-refractivity contribution in [3.8, 4) is 0 Å². The third-order valence-electron chi connectivity index (χ3n) is 2.56. The molecule has 0 aliphatic heterocycles. The van der Waals surface area contributed by atoms with E-state index in [9.17, 15) is 0 Å². The molecule has 18 heavy (non-hydrogen) atoms. The number of nitrogens with one attached hydrogen (secondary N) is 1. The Morgan fingerprint density at radius 3 is 2.56 bits per heavy atom. The first-order valence-corrected chi connectivity index (χ1v) is 5.79. The van der Waals surface area contributed by atoms with E-state index in [1.807, 2.05) is 30.3 Å². The summed E-state index contributed by atoms with van der Waals surface area (Å²) in [7, 11) is 0. The van der Waals surface area contributed by atoms with Crippen molar-refractivity contribution in [2.75, 3.05) is 5.32 Å². The molecule has 0 aliphatic rings. The summed E-state index contributed by atoms with van der Waals surface area (Å²) in [4.78, 5) is 12.2. The monoisotopic (exact) mass is 256 g/mol. The third-order valence-corrected chi connectivity index (χ3v) is 2.75. The highest BCUT2D eigenvalue weighted by atomic mass is 35.5. The van der Waals surface area contributed by atoms with E-state index >= 15 is 0 Å². The van der Waals surface area contributed by atoms with Gasteiger partial charge in [0.25, 0.3) is 0 Å². The highest BCUT2D eigenvalue weighted by molar-refractivity contribution is 6.28. The van der Waals surface area contributed by atoms with E-state index < -0.39 is 0 Å². The molecule has 0 radical (unpaired) electrons. The Kier molecular flexibility index (Phi) is 2.78. The van der Waals surface area contributed by atoms with Crippen molar-refractivity contribution in [2.24, 2.45) is 0 Å². The Morgan fingerprint density at radius 1 is 0.944 bits per heavy atom. The third kappa shape index (κ3) is 2.10. The van der Waals surface area contributed by atoms with Gasteiger partial charge in [0, 0.05) is 11.6 Å². The zero-order valence-electron chi connectivity index (χ0n) is 9.34. The van der Waals surface area contributed by atoms with Gasteiger partial charge in [-0.1, -0.05) is 24.3 Å². The van der Waals surface area contributed by atoms with Crippen molar-refractivity contribution in [2.45, 2.75) is 0 Å². The van der Waals surface area contributed by atoms with Gasteiger partial charge in [0.05, 0.1) is 18.1 Å². The zero-order valence-corrected chi connectivity index (χ0v) is 10.1. The molecule has 1 aromatic carbocycles. The molecule has 5 heteroatoms. The Hall–Kier alpha value is -2.20. The molecule has 3 rings (SSSR count). The molecule has 2 aromatic heterocycles. The maximum Gasteiger partial charge on any atom is 0.222 e. The lowest BCUT2D eigenvalue weighted by atomic mass is 10.1. The highest BCUT2D eigenvalue weighted by Crippen LogP contribution is 2.23. The van der Waals surface area contributed by atoms with Gasteiger partial charge in [-0.05, 0) is 23.1 Å². The van der Waals surface area contributed by atoms with Gasteiger partial charge in [-0.2, -0.15) is 0 Å². The van der Waals surface area contributed by atoms with E-state index in [0.717, 1.165) is 22.3 Å². The summed E-state index contributed by atoms with van der Waals surface area (Å²) < 4.78 is 0. The van der Waals surface area contributed by atoms with Crippen LogP contribution in [0, 0.1) is 0 Å². The van der Waals surface area contributed by atoms with E-state index in [1.54, 1.807) is 18.6 Å². The van der Waals surface area contributed by atoms with Crippen LogP contribution >= 0.6 is 11.6 Å². The van der Waals surface area contributed by atoms with Gasteiger partial charge in [0.1, 0.15) is 5.82 Å². The molecule has 0 atom stereocenters. The lowest BCUT2D eigenvalue weighted by Gasteiger charge is -2.07. The van der Waals surface area contributed by atoms with Crippen LogP contribution in [0.4, 0.5) is 11.5 Å². The average Bonchev–Trinajstić information content (AvgIpc) is 2.42. The summed E-state index contributed by atoms with van der Waals surface area (Å²) >= 11 is 5.64. The largest absolute Gasteiger partial charge is 0.337 e. The summed E-state index contributed by atoms with van der Waals surface area (Å²) in [5, 5.41) is 5.59. The predicted molar refractivity (Wildman–Crippen MR) is 72.1 cm³/mol. The summed E-state index contributed by atoms with van der Waals surface area (Å²) in [6, 6.07) is 10.0. The summed E-state index contributed by atoms with van der Waals surface area (Å²) in [5.41, 5.74) is 0.753. The van der Waals surface area contributed by atoms with Crippen LogP contribution in [-0.2, 0) is 0 Å². The normalized spacial score (nSPS) is 10.5. The second kappa shape index (κ2) is 4.58. The molecule has 0 amide bonds. The summed E-state index contributed by atoms with van der Waals surface area (Å²) in [6.45, 7) is 0. The number of anilines is 2. The molecule has 1 N–H and O–H groups in total. The van der Waals surface area contributed by atoms with Crippen molar-refractivity contribution in [3.63, 3.8) is 0 Å². The first-order valence-electron chi connectivity index (χ1n) is 5.41. The summed E-state index contributed by atoms with van der Waals surface area (Å²) in [5.74, 6) is 0.777. The van der Waals surface area contributed by atoms with Crippen LogP contribution in [0.1, 0.15) is 0 Å².